The van der Waals surface area contributed by atoms with Crippen molar-refractivity contribution in [3.05, 3.63) is 22.8 Å². The number of thiol groups is 1. The van der Waals surface area contributed by atoms with Crippen molar-refractivity contribution in [3.8, 4) is 0 Å². The summed E-state index contributed by atoms with van der Waals surface area (Å²) < 4.78 is 0.229. The molecular weight excluding hydrogens is 272 g/mol. The number of hydrogen-bond acceptors (Lipinski definition) is 1. The van der Waals surface area contributed by atoms with Crippen molar-refractivity contribution < 1.29 is 0 Å². The minimum Gasteiger partial charge on any atom is -0.172 e. The molecule has 0 aromatic carbocycles. The Labute approximate surface area is 136 Å². The van der Waals surface area contributed by atoms with Gasteiger partial charge in [0.05, 0.1) is 0 Å². The Balaban J connectivity index is 2.06. The number of rotatable bonds is 1. The van der Waals surface area contributed by atoms with E-state index in [0.29, 0.717) is 11.3 Å². The molecule has 0 aromatic rings. The normalized spacial score (nSPS) is 43.5. The number of hydrogen-bond donors (Lipinski definition) is 1. The van der Waals surface area contributed by atoms with Gasteiger partial charge in [-0.05, 0) is 60.8 Å². The van der Waals surface area contributed by atoms with Gasteiger partial charge in [0.15, 0.2) is 0 Å². The van der Waals surface area contributed by atoms with E-state index in [1.54, 1.807) is 11.1 Å². The summed E-state index contributed by atoms with van der Waals surface area (Å²) in [4.78, 5) is 0. The maximum atomic E-state index is 5.09. The molecule has 0 spiro atoms. The molecule has 21 heavy (non-hydrogen) atoms. The Kier molecular flexibility index (Phi) is 3.88. The van der Waals surface area contributed by atoms with E-state index in [4.69, 9.17) is 12.6 Å². The molecule has 0 aliphatic heterocycles. The molecule has 0 saturated heterocycles. The molecule has 1 heteroatoms. The smallest absolute Gasteiger partial charge is 0.0138 e. The second kappa shape index (κ2) is 5.18. The zero-order valence-corrected chi connectivity index (χ0v) is 15.4. The van der Waals surface area contributed by atoms with Crippen molar-refractivity contribution in [2.75, 3.05) is 0 Å². The Morgan fingerprint density at radius 1 is 1.24 bits per heavy atom. The minimum absolute atomic E-state index is 0.229. The zero-order valence-electron chi connectivity index (χ0n) is 14.5. The highest BCUT2D eigenvalue weighted by Gasteiger charge is 2.52. The highest BCUT2D eigenvalue weighted by atomic mass is 32.1. The van der Waals surface area contributed by atoms with E-state index in [2.05, 4.69) is 40.7 Å². The summed E-state index contributed by atoms with van der Waals surface area (Å²) >= 11 is 5.09. The van der Waals surface area contributed by atoms with E-state index in [0.717, 1.165) is 11.8 Å². The van der Waals surface area contributed by atoms with Gasteiger partial charge in [-0.3, -0.25) is 0 Å². The first-order valence-electron chi connectivity index (χ1n) is 8.92. The van der Waals surface area contributed by atoms with E-state index < -0.39 is 0 Å². The fraction of sp³-hybridized carbons (Fsp3) is 0.800. The van der Waals surface area contributed by atoms with Crippen LogP contribution >= 0.6 is 12.6 Å². The molecule has 4 atom stereocenters. The van der Waals surface area contributed by atoms with E-state index in [1.165, 1.54) is 38.5 Å². The molecule has 0 heterocycles. The van der Waals surface area contributed by atoms with Crippen LogP contribution in [0, 0.1) is 23.2 Å². The fourth-order valence-corrected chi connectivity index (χ4v) is 6.34. The van der Waals surface area contributed by atoms with Crippen LogP contribution in [0.1, 0.15) is 73.1 Å². The van der Waals surface area contributed by atoms with Crippen LogP contribution in [0.3, 0.4) is 0 Å². The lowest BCUT2D eigenvalue weighted by Crippen LogP contribution is -2.49. The van der Waals surface area contributed by atoms with Crippen LogP contribution in [0.2, 0.25) is 0 Å². The van der Waals surface area contributed by atoms with Gasteiger partial charge in [-0.25, -0.2) is 0 Å². The molecule has 0 bridgehead atoms. The maximum Gasteiger partial charge on any atom is 0.0138 e. The van der Waals surface area contributed by atoms with Gasteiger partial charge in [-0.1, -0.05) is 58.3 Å². The Morgan fingerprint density at radius 3 is 2.62 bits per heavy atom. The second-order valence-corrected chi connectivity index (χ2v) is 9.66. The largest absolute Gasteiger partial charge is 0.172 e. The molecular formula is C20H32S. The standard InChI is InChI=1S/C20H32S/c1-13(2)16-11-14(3)18-15(12-16)7-8-17-19(18,4)9-6-10-20(17,5)21/h12-14,17,21H,6-11H2,1-5H3. The van der Waals surface area contributed by atoms with Crippen molar-refractivity contribution in [3.63, 3.8) is 0 Å². The molecule has 1 fully saturated rings. The van der Waals surface area contributed by atoms with E-state index in [-0.39, 0.29) is 4.75 Å². The third-order valence-electron chi connectivity index (χ3n) is 6.70. The fourth-order valence-electron chi connectivity index (χ4n) is 5.77. The van der Waals surface area contributed by atoms with Gasteiger partial charge in [0.2, 0.25) is 0 Å². The van der Waals surface area contributed by atoms with Crippen LogP contribution in [0.25, 0.3) is 0 Å². The van der Waals surface area contributed by atoms with Crippen molar-refractivity contribution in [2.24, 2.45) is 23.2 Å². The predicted octanol–water partition coefficient (Wildman–Crippen LogP) is 6.19. The van der Waals surface area contributed by atoms with Gasteiger partial charge in [0.25, 0.3) is 0 Å². The molecule has 118 valence electrons. The third-order valence-corrected chi connectivity index (χ3v) is 7.23. The van der Waals surface area contributed by atoms with Crippen LogP contribution in [-0.4, -0.2) is 4.75 Å². The summed E-state index contributed by atoms with van der Waals surface area (Å²) in [6, 6.07) is 0. The molecule has 0 N–H and O–H groups in total. The quantitative estimate of drug-likeness (QED) is 0.548. The van der Waals surface area contributed by atoms with Crippen LogP contribution < -0.4 is 0 Å². The molecule has 1 saturated carbocycles. The lowest BCUT2D eigenvalue weighted by atomic mass is 9.51. The molecule has 3 aliphatic rings. The predicted molar refractivity (Wildman–Crippen MR) is 95.8 cm³/mol. The summed E-state index contributed by atoms with van der Waals surface area (Å²) in [6.45, 7) is 12.1. The molecule has 3 aliphatic carbocycles. The van der Waals surface area contributed by atoms with E-state index >= 15 is 0 Å². The van der Waals surface area contributed by atoms with Crippen molar-refractivity contribution >= 4 is 12.6 Å². The molecule has 0 nitrogen and oxygen atoms in total. The van der Waals surface area contributed by atoms with Gasteiger partial charge < -0.3 is 0 Å². The van der Waals surface area contributed by atoms with Gasteiger partial charge in [0, 0.05) is 4.75 Å². The van der Waals surface area contributed by atoms with Gasteiger partial charge in [-0.2, -0.15) is 12.6 Å². The maximum absolute atomic E-state index is 5.09. The number of fused-ring (bicyclic) bond motifs is 2. The first kappa shape index (κ1) is 15.7. The summed E-state index contributed by atoms with van der Waals surface area (Å²) in [7, 11) is 0. The number of allylic oxidation sites excluding steroid dienone is 4. The van der Waals surface area contributed by atoms with Gasteiger partial charge >= 0.3 is 0 Å². The molecule has 3 rings (SSSR count). The lowest BCUT2D eigenvalue weighted by molar-refractivity contribution is 0.0909. The van der Waals surface area contributed by atoms with Gasteiger partial charge in [0.1, 0.15) is 0 Å². The highest BCUT2D eigenvalue weighted by Crippen LogP contribution is 2.61. The third kappa shape index (κ3) is 2.44. The monoisotopic (exact) mass is 304 g/mol. The van der Waals surface area contributed by atoms with Crippen LogP contribution in [0.4, 0.5) is 0 Å². The summed E-state index contributed by atoms with van der Waals surface area (Å²) in [6.07, 6.45) is 10.5. The van der Waals surface area contributed by atoms with Crippen molar-refractivity contribution in [1.29, 1.82) is 0 Å². The van der Waals surface area contributed by atoms with Crippen molar-refractivity contribution in [1.82, 2.24) is 0 Å². The van der Waals surface area contributed by atoms with E-state index in [9.17, 15) is 0 Å². The Morgan fingerprint density at radius 2 is 1.95 bits per heavy atom. The first-order chi connectivity index (χ1) is 9.75. The van der Waals surface area contributed by atoms with Gasteiger partial charge in [-0.15, -0.1) is 0 Å². The lowest BCUT2D eigenvalue weighted by Gasteiger charge is -2.56. The molecule has 0 aromatic heterocycles. The Hall–Kier alpha value is -0.170. The van der Waals surface area contributed by atoms with Crippen LogP contribution in [0.15, 0.2) is 22.8 Å². The molecule has 0 amide bonds. The van der Waals surface area contributed by atoms with E-state index in [1.807, 2.05) is 5.57 Å². The Bertz CT molecular complexity index is 494. The summed E-state index contributed by atoms with van der Waals surface area (Å²) in [5.74, 6) is 2.20. The molecule has 4 unspecified atom stereocenters. The zero-order chi connectivity index (χ0) is 15.4. The topological polar surface area (TPSA) is 0 Å². The first-order valence-corrected chi connectivity index (χ1v) is 9.37. The van der Waals surface area contributed by atoms with Crippen LogP contribution in [0.5, 0.6) is 0 Å². The average molecular weight is 305 g/mol. The van der Waals surface area contributed by atoms with Crippen LogP contribution in [-0.2, 0) is 0 Å². The SMILES string of the molecule is CC(C)C1=CC2=C(C(C)C1)C1(C)CCCC(C)(S)C1CC2. The highest BCUT2D eigenvalue weighted by molar-refractivity contribution is 7.81. The minimum atomic E-state index is 0.229. The average Bonchev–Trinajstić information content (AvgIpc) is 2.36. The second-order valence-electron chi connectivity index (χ2n) is 8.64. The summed E-state index contributed by atoms with van der Waals surface area (Å²) in [5, 5.41) is 0. The summed E-state index contributed by atoms with van der Waals surface area (Å²) in [5.41, 5.74) is 5.58. The molecule has 0 radical (unpaired) electrons. The van der Waals surface area contributed by atoms with Crippen molar-refractivity contribution in [2.45, 2.75) is 77.9 Å².